The Hall–Kier alpha value is -2.82. The van der Waals surface area contributed by atoms with Gasteiger partial charge in [-0.2, -0.15) is 0 Å². The van der Waals surface area contributed by atoms with Crippen LogP contribution >= 0.6 is 0 Å². The van der Waals surface area contributed by atoms with Gasteiger partial charge in [-0.3, -0.25) is 14.3 Å². The Kier molecular flexibility index (Phi) is 8.14. The fourth-order valence-electron chi connectivity index (χ4n) is 4.06. The second kappa shape index (κ2) is 11.3. The van der Waals surface area contributed by atoms with Gasteiger partial charge in [-0.25, -0.2) is 4.79 Å². The zero-order chi connectivity index (χ0) is 24.8. The summed E-state index contributed by atoms with van der Waals surface area (Å²) in [7, 11) is -2.08. The highest BCUT2D eigenvalue weighted by Gasteiger charge is 2.49. The van der Waals surface area contributed by atoms with E-state index in [2.05, 4.69) is 24.6 Å². The standard InChI is InChI=1S/C26H32N2O6Si/c1-35(2,3)34-24-23(32-17-20-12-8-5-9-13-20)21(18-31-16-19-10-6-4-7-11-19)33-25(24)28-15-14-22(29)27-26(28)30/h4-15,21,23-25H,16-18H2,1-3H3,(H,27,29,30)/t21-,23-,24-,25-/m0/s1. The molecule has 4 rings (SSSR count). The summed E-state index contributed by atoms with van der Waals surface area (Å²) < 4.78 is 26.6. The molecule has 186 valence electrons. The first-order valence-electron chi connectivity index (χ1n) is 11.7. The number of benzene rings is 2. The van der Waals surface area contributed by atoms with Crippen molar-refractivity contribution in [3.63, 3.8) is 0 Å². The van der Waals surface area contributed by atoms with E-state index >= 15 is 0 Å². The molecule has 2 aromatic carbocycles. The van der Waals surface area contributed by atoms with Crippen LogP contribution in [0.4, 0.5) is 0 Å². The van der Waals surface area contributed by atoms with E-state index in [-0.39, 0.29) is 6.61 Å². The number of aromatic nitrogens is 2. The summed E-state index contributed by atoms with van der Waals surface area (Å²) in [5.74, 6) is 0. The normalized spacial score (nSPS) is 22.4. The van der Waals surface area contributed by atoms with Crippen molar-refractivity contribution in [2.75, 3.05) is 6.61 Å². The van der Waals surface area contributed by atoms with Gasteiger partial charge in [0.25, 0.3) is 5.56 Å². The molecule has 0 aliphatic carbocycles. The van der Waals surface area contributed by atoms with E-state index in [1.807, 2.05) is 60.7 Å². The third-order valence-corrected chi connectivity index (χ3v) is 6.56. The van der Waals surface area contributed by atoms with Gasteiger partial charge in [0.05, 0.1) is 19.8 Å². The van der Waals surface area contributed by atoms with E-state index in [1.165, 1.54) is 16.8 Å². The minimum absolute atomic E-state index is 0.258. The maximum atomic E-state index is 12.6. The predicted octanol–water partition coefficient (Wildman–Crippen LogP) is 3.46. The third-order valence-electron chi connectivity index (χ3n) is 5.58. The van der Waals surface area contributed by atoms with Gasteiger partial charge in [-0.1, -0.05) is 60.7 Å². The molecule has 0 unspecified atom stereocenters. The van der Waals surface area contributed by atoms with Gasteiger partial charge in [0.15, 0.2) is 14.5 Å². The van der Waals surface area contributed by atoms with Crippen molar-refractivity contribution >= 4 is 8.32 Å². The fourth-order valence-corrected chi connectivity index (χ4v) is 5.13. The average molecular weight is 497 g/mol. The summed E-state index contributed by atoms with van der Waals surface area (Å²) in [5, 5.41) is 0. The molecule has 0 saturated carbocycles. The van der Waals surface area contributed by atoms with E-state index in [0.717, 1.165) is 11.1 Å². The number of hydrogen-bond acceptors (Lipinski definition) is 6. The Labute approximate surface area is 205 Å². The van der Waals surface area contributed by atoms with Crippen molar-refractivity contribution in [2.45, 2.75) is 57.4 Å². The molecule has 1 fully saturated rings. The highest BCUT2D eigenvalue weighted by Crippen LogP contribution is 2.35. The van der Waals surface area contributed by atoms with Gasteiger partial charge < -0.3 is 18.6 Å². The van der Waals surface area contributed by atoms with Gasteiger partial charge in [0, 0.05) is 12.3 Å². The van der Waals surface area contributed by atoms with E-state index in [0.29, 0.717) is 13.2 Å². The Bertz CT molecular complexity index is 1190. The van der Waals surface area contributed by atoms with E-state index in [4.69, 9.17) is 18.6 Å². The fraction of sp³-hybridized carbons (Fsp3) is 0.385. The first-order chi connectivity index (χ1) is 16.8. The largest absolute Gasteiger partial charge is 0.407 e. The molecule has 1 aromatic heterocycles. The molecule has 4 atom stereocenters. The van der Waals surface area contributed by atoms with Crippen LogP contribution in [0.15, 0.2) is 82.5 Å². The van der Waals surface area contributed by atoms with Crippen LogP contribution in [0.5, 0.6) is 0 Å². The van der Waals surface area contributed by atoms with Crippen molar-refractivity contribution in [1.29, 1.82) is 0 Å². The molecule has 3 aromatic rings. The molecule has 35 heavy (non-hydrogen) atoms. The van der Waals surface area contributed by atoms with Crippen molar-refractivity contribution in [3.8, 4) is 0 Å². The average Bonchev–Trinajstić information content (AvgIpc) is 3.14. The quantitative estimate of drug-likeness (QED) is 0.432. The van der Waals surface area contributed by atoms with Crippen LogP contribution in [-0.4, -0.2) is 42.8 Å². The van der Waals surface area contributed by atoms with Crippen LogP contribution in [0.25, 0.3) is 0 Å². The summed E-state index contributed by atoms with van der Waals surface area (Å²) in [4.78, 5) is 26.6. The summed E-state index contributed by atoms with van der Waals surface area (Å²) in [6.45, 7) is 7.28. The molecule has 0 spiro atoms. The molecule has 0 bridgehead atoms. The second-order valence-corrected chi connectivity index (χ2v) is 14.0. The summed E-state index contributed by atoms with van der Waals surface area (Å²) >= 11 is 0. The Balaban J connectivity index is 1.60. The van der Waals surface area contributed by atoms with Crippen molar-refractivity contribution in [1.82, 2.24) is 9.55 Å². The highest BCUT2D eigenvalue weighted by molar-refractivity contribution is 6.69. The Morgan fingerprint density at radius 3 is 2.11 bits per heavy atom. The molecule has 8 nitrogen and oxygen atoms in total. The topological polar surface area (TPSA) is 91.8 Å². The van der Waals surface area contributed by atoms with Crippen LogP contribution in [0, 0.1) is 0 Å². The Morgan fingerprint density at radius 2 is 1.51 bits per heavy atom. The number of aromatic amines is 1. The first-order valence-corrected chi connectivity index (χ1v) is 15.1. The van der Waals surface area contributed by atoms with Gasteiger partial charge in [0.1, 0.15) is 18.3 Å². The minimum Gasteiger partial charge on any atom is -0.407 e. The molecule has 0 radical (unpaired) electrons. The zero-order valence-corrected chi connectivity index (χ0v) is 21.3. The van der Waals surface area contributed by atoms with Gasteiger partial charge in [-0.15, -0.1) is 0 Å². The number of hydrogen-bond donors (Lipinski definition) is 1. The van der Waals surface area contributed by atoms with Crippen LogP contribution in [-0.2, 0) is 31.9 Å². The van der Waals surface area contributed by atoms with Crippen molar-refractivity contribution in [3.05, 3.63) is 105 Å². The maximum Gasteiger partial charge on any atom is 0.330 e. The van der Waals surface area contributed by atoms with E-state index < -0.39 is 44.1 Å². The summed E-state index contributed by atoms with van der Waals surface area (Å²) in [5.41, 5.74) is 1.05. The first kappa shape index (κ1) is 25.3. The Morgan fingerprint density at radius 1 is 0.886 bits per heavy atom. The molecular weight excluding hydrogens is 464 g/mol. The molecular formula is C26H32N2O6Si. The monoisotopic (exact) mass is 496 g/mol. The van der Waals surface area contributed by atoms with Crippen molar-refractivity contribution < 1.29 is 18.6 Å². The second-order valence-electron chi connectivity index (χ2n) is 9.54. The summed E-state index contributed by atoms with van der Waals surface area (Å²) in [6.07, 6.45) is -0.848. The summed E-state index contributed by atoms with van der Waals surface area (Å²) in [6, 6.07) is 21.1. The molecule has 9 heteroatoms. The molecule has 1 aliphatic rings. The van der Waals surface area contributed by atoms with Gasteiger partial charge in [0.2, 0.25) is 0 Å². The zero-order valence-electron chi connectivity index (χ0n) is 20.3. The van der Waals surface area contributed by atoms with Gasteiger partial charge >= 0.3 is 5.69 Å². The molecule has 1 aliphatic heterocycles. The lowest BCUT2D eigenvalue weighted by molar-refractivity contribution is -0.0833. The van der Waals surface area contributed by atoms with E-state index in [9.17, 15) is 9.59 Å². The lowest BCUT2D eigenvalue weighted by Crippen LogP contribution is -2.45. The minimum atomic E-state index is -2.08. The number of H-pyrrole nitrogens is 1. The van der Waals surface area contributed by atoms with Crippen LogP contribution in [0.1, 0.15) is 17.4 Å². The number of rotatable bonds is 10. The third kappa shape index (κ3) is 6.87. The number of nitrogens with one attached hydrogen (secondary N) is 1. The lowest BCUT2D eigenvalue weighted by atomic mass is 10.1. The molecule has 1 saturated heterocycles. The van der Waals surface area contributed by atoms with Crippen LogP contribution < -0.4 is 11.2 Å². The van der Waals surface area contributed by atoms with Crippen molar-refractivity contribution in [2.24, 2.45) is 0 Å². The number of ether oxygens (including phenoxy) is 3. The smallest absolute Gasteiger partial charge is 0.330 e. The maximum absolute atomic E-state index is 12.6. The SMILES string of the molecule is C[Si](C)(C)O[C@H]1[C@@H](OCc2ccccc2)[C@H](COCc2ccccc2)O[C@@H]1n1ccc(=O)[nH]c1=O. The van der Waals surface area contributed by atoms with Gasteiger partial charge in [-0.05, 0) is 30.8 Å². The highest BCUT2D eigenvalue weighted by atomic mass is 28.4. The molecule has 2 heterocycles. The molecule has 0 amide bonds. The predicted molar refractivity (Wildman–Crippen MR) is 135 cm³/mol. The van der Waals surface area contributed by atoms with Crippen LogP contribution in [0.2, 0.25) is 19.6 Å². The number of nitrogens with zero attached hydrogens (tertiary/aromatic N) is 1. The van der Waals surface area contributed by atoms with Crippen LogP contribution in [0.3, 0.4) is 0 Å². The lowest BCUT2D eigenvalue weighted by Gasteiger charge is -2.31. The molecule has 1 N–H and O–H groups in total. The van der Waals surface area contributed by atoms with E-state index in [1.54, 1.807) is 0 Å².